The zero-order valence-electron chi connectivity index (χ0n) is 12.4. The number of hydrogen-bond acceptors (Lipinski definition) is 3. The Morgan fingerprint density at radius 3 is 2.68 bits per heavy atom. The molecule has 2 rings (SSSR count). The Hall–Kier alpha value is -1.06. The first kappa shape index (κ1) is 14.4. The van der Waals surface area contributed by atoms with Crippen molar-refractivity contribution < 1.29 is 4.74 Å². The van der Waals surface area contributed by atoms with Gasteiger partial charge in [0.25, 0.3) is 0 Å². The molecule has 1 saturated heterocycles. The van der Waals surface area contributed by atoms with E-state index in [-0.39, 0.29) is 0 Å². The topological polar surface area (TPSA) is 24.5 Å². The number of nitrogens with one attached hydrogen (secondary N) is 1. The molecule has 19 heavy (non-hydrogen) atoms. The summed E-state index contributed by atoms with van der Waals surface area (Å²) < 4.78 is 5.28. The molecule has 0 saturated carbocycles. The van der Waals surface area contributed by atoms with Gasteiger partial charge in [-0.25, -0.2) is 0 Å². The maximum Gasteiger partial charge on any atom is 0.121 e. The number of aryl methyl sites for hydroxylation is 1. The summed E-state index contributed by atoms with van der Waals surface area (Å²) in [6.07, 6.45) is 2.73. The van der Waals surface area contributed by atoms with Crippen LogP contribution in [-0.4, -0.2) is 37.7 Å². The normalized spacial score (nSPS) is 17.6. The second-order valence-electron chi connectivity index (χ2n) is 5.53. The Morgan fingerprint density at radius 1 is 1.32 bits per heavy atom. The average molecular weight is 262 g/mol. The molecule has 1 aliphatic rings. The van der Waals surface area contributed by atoms with Crippen LogP contribution in [0.15, 0.2) is 18.2 Å². The predicted molar refractivity (Wildman–Crippen MR) is 79.7 cm³/mol. The number of hydrogen-bond donors (Lipinski definition) is 1. The van der Waals surface area contributed by atoms with Gasteiger partial charge in [-0.1, -0.05) is 12.1 Å². The summed E-state index contributed by atoms with van der Waals surface area (Å²) in [6, 6.07) is 7.03. The van der Waals surface area contributed by atoms with Gasteiger partial charge in [-0.3, -0.25) is 4.90 Å². The monoisotopic (exact) mass is 262 g/mol. The minimum absolute atomic E-state index is 0.641. The molecule has 3 nitrogen and oxygen atoms in total. The maximum absolute atomic E-state index is 5.28. The summed E-state index contributed by atoms with van der Waals surface area (Å²) in [7, 11) is 1.72. The minimum atomic E-state index is 0.641. The molecule has 0 amide bonds. The van der Waals surface area contributed by atoms with Gasteiger partial charge in [-0.15, -0.1) is 0 Å². The Kier molecular flexibility index (Phi) is 5.23. The van der Waals surface area contributed by atoms with Crippen LogP contribution in [0.1, 0.15) is 30.9 Å². The predicted octanol–water partition coefficient (Wildman–Crippen LogP) is 2.58. The smallest absolute Gasteiger partial charge is 0.121 e. The molecule has 0 spiro atoms. The number of methoxy groups -OCH3 is 1. The van der Waals surface area contributed by atoms with E-state index in [1.165, 1.54) is 37.1 Å². The van der Waals surface area contributed by atoms with E-state index in [4.69, 9.17) is 4.74 Å². The lowest BCUT2D eigenvalue weighted by Crippen LogP contribution is -2.38. The molecule has 1 aromatic carbocycles. The molecular formula is C16H26N2O. The highest BCUT2D eigenvalue weighted by Gasteiger charge is 2.17. The molecule has 1 heterocycles. The fourth-order valence-corrected chi connectivity index (χ4v) is 2.79. The molecule has 1 aromatic rings. The van der Waals surface area contributed by atoms with Crippen molar-refractivity contribution in [2.24, 2.45) is 0 Å². The van der Waals surface area contributed by atoms with Gasteiger partial charge in [0.2, 0.25) is 0 Å². The van der Waals surface area contributed by atoms with Gasteiger partial charge in [-0.2, -0.15) is 0 Å². The molecule has 1 N–H and O–H groups in total. The Labute approximate surface area is 116 Å². The third-order valence-corrected chi connectivity index (χ3v) is 3.99. The van der Waals surface area contributed by atoms with Crippen LogP contribution in [0, 0.1) is 6.92 Å². The molecule has 106 valence electrons. The van der Waals surface area contributed by atoms with Crippen LogP contribution >= 0.6 is 0 Å². The van der Waals surface area contributed by atoms with E-state index in [9.17, 15) is 0 Å². The minimum Gasteiger partial charge on any atom is -0.496 e. The molecule has 1 atom stereocenters. The fraction of sp³-hybridized carbons (Fsp3) is 0.625. The van der Waals surface area contributed by atoms with E-state index < -0.39 is 0 Å². The summed E-state index contributed by atoms with van der Waals surface area (Å²) in [6.45, 7) is 8.94. The molecule has 0 bridgehead atoms. The summed E-state index contributed by atoms with van der Waals surface area (Å²) in [5, 5.41) is 3.56. The van der Waals surface area contributed by atoms with Crippen molar-refractivity contribution in [1.82, 2.24) is 10.2 Å². The number of benzene rings is 1. The van der Waals surface area contributed by atoms with Gasteiger partial charge in [0, 0.05) is 19.1 Å². The summed E-state index contributed by atoms with van der Waals surface area (Å²) in [5.41, 5.74) is 2.53. The first-order chi connectivity index (χ1) is 9.20. The molecule has 3 heteroatoms. The van der Waals surface area contributed by atoms with E-state index in [1.54, 1.807) is 7.11 Å². The molecular weight excluding hydrogens is 236 g/mol. The van der Waals surface area contributed by atoms with E-state index in [0.29, 0.717) is 6.04 Å². The van der Waals surface area contributed by atoms with Gasteiger partial charge < -0.3 is 10.1 Å². The maximum atomic E-state index is 5.28. The SMILES string of the molecule is COc1ccc(CNCC(C)N2CCCC2)cc1C. The second-order valence-corrected chi connectivity index (χ2v) is 5.53. The van der Waals surface area contributed by atoms with E-state index in [2.05, 4.69) is 42.3 Å². The number of ether oxygens (including phenoxy) is 1. The molecule has 1 unspecified atom stereocenters. The first-order valence-electron chi connectivity index (χ1n) is 7.29. The van der Waals surface area contributed by atoms with Gasteiger partial charge in [0.1, 0.15) is 5.75 Å². The zero-order valence-corrected chi connectivity index (χ0v) is 12.4. The number of rotatable bonds is 6. The molecule has 0 aromatic heterocycles. The quantitative estimate of drug-likeness (QED) is 0.853. The van der Waals surface area contributed by atoms with Crippen molar-refractivity contribution in [3.8, 4) is 5.75 Å². The summed E-state index contributed by atoms with van der Waals surface area (Å²) in [4.78, 5) is 2.58. The van der Waals surface area contributed by atoms with Crippen LogP contribution in [-0.2, 0) is 6.54 Å². The lowest BCUT2D eigenvalue weighted by atomic mass is 10.1. The first-order valence-corrected chi connectivity index (χ1v) is 7.29. The Bertz CT molecular complexity index is 400. The highest BCUT2D eigenvalue weighted by molar-refractivity contribution is 5.36. The lowest BCUT2D eigenvalue weighted by Gasteiger charge is -2.24. The van der Waals surface area contributed by atoms with Crippen molar-refractivity contribution in [2.75, 3.05) is 26.7 Å². The van der Waals surface area contributed by atoms with Crippen LogP contribution in [0.4, 0.5) is 0 Å². The van der Waals surface area contributed by atoms with Crippen molar-refractivity contribution in [3.63, 3.8) is 0 Å². The number of likely N-dealkylation sites (tertiary alicyclic amines) is 1. The van der Waals surface area contributed by atoms with Crippen LogP contribution in [0.5, 0.6) is 5.75 Å². The molecule has 1 aliphatic heterocycles. The fourth-order valence-electron chi connectivity index (χ4n) is 2.79. The molecule has 0 radical (unpaired) electrons. The third kappa shape index (κ3) is 3.95. The van der Waals surface area contributed by atoms with E-state index in [0.717, 1.165) is 18.8 Å². The highest BCUT2D eigenvalue weighted by atomic mass is 16.5. The third-order valence-electron chi connectivity index (χ3n) is 3.99. The average Bonchev–Trinajstić information content (AvgIpc) is 2.93. The largest absolute Gasteiger partial charge is 0.496 e. The second kappa shape index (κ2) is 6.92. The van der Waals surface area contributed by atoms with Gasteiger partial charge in [0.15, 0.2) is 0 Å². The van der Waals surface area contributed by atoms with Gasteiger partial charge in [0.05, 0.1) is 7.11 Å². The van der Waals surface area contributed by atoms with Crippen molar-refractivity contribution in [2.45, 2.75) is 39.3 Å². The van der Waals surface area contributed by atoms with Gasteiger partial charge in [-0.05, 0) is 57.0 Å². The Morgan fingerprint density at radius 2 is 2.05 bits per heavy atom. The van der Waals surface area contributed by atoms with Crippen molar-refractivity contribution in [3.05, 3.63) is 29.3 Å². The standard InChI is InChI=1S/C16H26N2O/c1-13-10-15(6-7-16(13)19-3)12-17-11-14(2)18-8-4-5-9-18/h6-7,10,14,17H,4-5,8-9,11-12H2,1-3H3. The van der Waals surface area contributed by atoms with E-state index in [1.807, 2.05) is 0 Å². The number of nitrogens with zero attached hydrogens (tertiary/aromatic N) is 1. The lowest BCUT2D eigenvalue weighted by molar-refractivity contribution is 0.251. The summed E-state index contributed by atoms with van der Waals surface area (Å²) in [5.74, 6) is 0.967. The van der Waals surface area contributed by atoms with Gasteiger partial charge >= 0.3 is 0 Å². The van der Waals surface area contributed by atoms with Crippen LogP contribution in [0.3, 0.4) is 0 Å². The highest BCUT2D eigenvalue weighted by Crippen LogP contribution is 2.18. The van der Waals surface area contributed by atoms with E-state index >= 15 is 0 Å². The Balaban J connectivity index is 1.77. The van der Waals surface area contributed by atoms with Crippen LogP contribution < -0.4 is 10.1 Å². The molecule has 0 aliphatic carbocycles. The van der Waals surface area contributed by atoms with Crippen molar-refractivity contribution >= 4 is 0 Å². The summed E-state index contributed by atoms with van der Waals surface area (Å²) >= 11 is 0. The van der Waals surface area contributed by atoms with Crippen LogP contribution in [0.2, 0.25) is 0 Å². The zero-order chi connectivity index (χ0) is 13.7. The molecule has 1 fully saturated rings. The van der Waals surface area contributed by atoms with Crippen molar-refractivity contribution in [1.29, 1.82) is 0 Å². The van der Waals surface area contributed by atoms with Crippen LogP contribution in [0.25, 0.3) is 0 Å².